The van der Waals surface area contributed by atoms with Crippen LogP contribution in [0.1, 0.15) is 75.8 Å². The number of hydrogen-bond acceptors (Lipinski definition) is 1. The van der Waals surface area contributed by atoms with Gasteiger partial charge in [-0.1, -0.05) is 88.6 Å². The lowest BCUT2D eigenvalue weighted by Crippen LogP contribution is -2.22. The van der Waals surface area contributed by atoms with Crippen LogP contribution in [0.25, 0.3) is 11.1 Å². The molecule has 1 nitrogen and oxygen atoms in total. The number of benzene rings is 3. The molecule has 1 aliphatic carbocycles. The maximum absolute atomic E-state index is 15.1. The molecule has 0 amide bonds. The van der Waals surface area contributed by atoms with Crippen LogP contribution in [0.3, 0.4) is 0 Å². The third-order valence-corrected chi connectivity index (χ3v) is 7.73. The highest BCUT2D eigenvalue weighted by Crippen LogP contribution is 2.39. The van der Waals surface area contributed by atoms with Crippen molar-refractivity contribution in [3.8, 4) is 16.9 Å². The molecule has 3 aromatic carbocycles. The van der Waals surface area contributed by atoms with Crippen molar-refractivity contribution >= 4 is 0 Å². The Morgan fingerprint density at radius 2 is 1.39 bits per heavy atom. The molecule has 0 saturated heterocycles. The lowest BCUT2D eigenvalue weighted by molar-refractivity contribution is -0.185. The van der Waals surface area contributed by atoms with Crippen LogP contribution < -0.4 is 4.74 Å². The average Bonchev–Trinajstić information content (AvgIpc) is 2.91. The maximum Gasteiger partial charge on any atom is 0.426 e. The van der Waals surface area contributed by atoms with Gasteiger partial charge in [-0.2, -0.15) is 8.78 Å². The van der Waals surface area contributed by atoms with E-state index in [1.165, 1.54) is 87.8 Å². The van der Waals surface area contributed by atoms with Crippen LogP contribution in [0.4, 0.5) is 22.0 Å². The highest BCUT2D eigenvalue weighted by Gasteiger charge is 2.35. The molecule has 1 aliphatic rings. The molecule has 0 bridgehead atoms. The smallest absolute Gasteiger partial charge is 0.426 e. The first-order valence-corrected chi connectivity index (χ1v) is 13.7. The fourth-order valence-corrected chi connectivity index (χ4v) is 5.43. The summed E-state index contributed by atoms with van der Waals surface area (Å²) >= 11 is 0. The van der Waals surface area contributed by atoms with Gasteiger partial charge in [0.1, 0.15) is 5.75 Å². The number of para-hydroxylation sites is 1. The Labute approximate surface area is 222 Å². The molecule has 0 spiro atoms. The summed E-state index contributed by atoms with van der Waals surface area (Å²) in [7, 11) is 0. The van der Waals surface area contributed by atoms with Crippen LogP contribution in [-0.4, -0.2) is 0 Å². The average molecular weight is 531 g/mol. The third-order valence-electron chi connectivity index (χ3n) is 7.73. The van der Waals surface area contributed by atoms with Crippen molar-refractivity contribution in [3.63, 3.8) is 0 Å². The van der Waals surface area contributed by atoms with Gasteiger partial charge < -0.3 is 4.74 Å². The summed E-state index contributed by atoms with van der Waals surface area (Å²) in [6.07, 6.45) is 8.60. The second-order valence-corrected chi connectivity index (χ2v) is 10.5. The van der Waals surface area contributed by atoms with Gasteiger partial charge in [-0.25, -0.2) is 13.2 Å². The zero-order valence-electron chi connectivity index (χ0n) is 21.8. The monoisotopic (exact) mass is 530 g/mol. The molecule has 0 aromatic heterocycles. The molecule has 0 radical (unpaired) electrons. The number of unbranched alkanes of at least 4 members (excludes halogenated alkanes) is 2. The largest absolute Gasteiger partial charge is 0.428 e. The lowest BCUT2D eigenvalue weighted by Gasteiger charge is -2.28. The third kappa shape index (κ3) is 7.15. The van der Waals surface area contributed by atoms with E-state index in [0.29, 0.717) is 5.92 Å². The van der Waals surface area contributed by atoms with E-state index < -0.39 is 23.6 Å². The van der Waals surface area contributed by atoms with Crippen LogP contribution in [0.2, 0.25) is 0 Å². The van der Waals surface area contributed by atoms with Gasteiger partial charge >= 0.3 is 6.11 Å². The molecule has 0 aliphatic heterocycles. The number of alkyl halides is 2. The summed E-state index contributed by atoms with van der Waals surface area (Å²) in [5.74, 6) is -3.13. The Morgan fingerprint density at radius 3 is 2.03 bits per heavy atom. The SMILES string of the molecule is CCCCC[C@H]1CC[C@H](CCc2ccc(C(F)(F)Oc3ccccc3-c3cc(F)c(F)c(F)c3)cc2)CC1. The first-order chi connectivity index (χ1) is 18.3. The second-order valence-electron chi connectivity index (χ2n) is 10.5. The van der Waals surface area contributed by atoms with E-state index in [-0.39, 0.29) is 22.4 Å². The molecule has 6 heteroatoms. The number of aryl methyl sites for hydroxylation is 1. The number of ether oxygens (including phenoxy) is 1. The van der Waals surface area contributed by atoms with E-state index in [1.54, 1.807) is 12.1 Å². The quantitative estimate of drug-likeness (QED) is 0.136. The molecule has 38 heavy (non-hydrogen) atoms. The van der Waals surface area contributed by atoms with Gasteiger partial charge in [0.2, 0.25) is 0 Å². The number of hydrogen-bond donors (Lipinski definition) is 0. The predicted octanol–water partition coefficient (Wildman–Crippen LogP) is 10.2. The Morgan fingerprint density at radius 1 is 0.789 bits per heavy atom. The highest BCUT2D eigenvalue weighted by molar-refractivity contribution is 5.70. The summed E-state index contributed by atoms with van der Waals surface area (Å²) < 4.78 is 76.1. The Hall–Kier alpha value is -2.89. The molecular formula is C32H35F5O. The molecule has 1 saturated carbocycles. The van der Waals surface area contributed by atoms with Gasteiger partial charge in [-0.15, -0.1) is 0 Å². The van der Waals surface area contributed by atoms with Crippen molar-refractivity contribution in [2.45, 2.75) is 77.2 Å². The van der Waals surface area contributed by atoms with Crippen molar-refractivity contribution in [3.05, 3.63) is 89.2 Å². The second kappa shape index (κ2) is 12.8. The van der Waals surface area contributed by atoms with Crippen molar-refractivity contribution < 1.29 is 26.7 Å². The molecule has 3 aromatic rings. The molecule has 0 N–H and O–H groups in total. The van der Waals surface area contributed by atoms with Crippen LogP contribution in [-0.2, 0) is 12.5 Å². The molecular weight excluding hydrogens is 495 g/mol. The summed E-state index contributed by atoms with van der Waals surface area (Å²) in [6.45, 7) is 2.24. The molecule has 0 atom stereocenters. The first-order valence-electron chi connectivity index (χ1n) is 13.7. The van der Waals surface area contributed by atoms with Gasteiger partial charge in [0, 0.05) is 5.56 Å². The minimum atomic E-state index is -3.68. The maximum atomic E-state index is 15.1. The van der Waals surface area contributed by atoms with Crippen molar-refractivity contribution in [1.29, 1.82) is 0 Å². The lowest BCUT2D eigenvalue weighted by atomic mass is 9.78. The van der Waals surface area contributed by atoms with Gasteiger partial charge in [0.25, 0.3) is 0 Å². The van der Waals surface area contributed by atoms with Crippen molar-refractivity contribution in [2.75, 3.05) is 0 Å². The normalized spacial score (nSPS) is 17.9. The Balaban J connectivity index is 1.36. The number of halogens is 5. The van der Waals surface area contributed by atoms with Crippen LogP contribution in [0.5, 0.6) is 5.75 Å². The number of rotatable bonds is 11. The van der Waals surface area contributed by atoms with E-state index in [2.05, 4.69) is 6.92 Å². The summed E-state index contributed by atoms with van der Waals surface area (Å²) in [5, 5.41) is 0. The Kier molecular flexibility index (Phi) is 9.45. The molecule has 0 unspecified atom stereocenters. The van der Waals surface area contributed by atoms with Crippen LogP contribution in [0.15, 0.2) is 60.7 Å². The predicted molar refractivity (Wildman–Crippen MR) is 141 cm³/mol. The van der Waals surface area contributed by atoms with E-state index in [1.807, 2.05) is 0 Å². The summed E-state index contributed by atoms with van der Waals surface area (Å²) in [4.78, 5) is 0. The zero-order valence-corrected chi connectivity index (χ0v) is 21.8. The standard InChI is InChI=1S/C32H35F5O/c1-2-3-4-7-22-10-12-23(13-11-22)14-15-24-16-18-26(19-17-24)32(36,37)38-30-9-6-5-8-27(30)25-20-28(33)31(35)29(34)21-25/h5-6,8-9,16-23H,2-4,7,10-15H2,1H3/t22-,23-. The van der Waals surface area contributed by atoms with Crippen molar-refractivity contribution in [1.82, 2.24) is 0 Å². The Bertz CT molecular complexity index is 1160. The van der Waals surface area contributed by atoms with Gasteiger partial charge in [0.15, 0.2) is 17.5 Å². The van der Waals surface area contributed by atoms with E-state index >= 15 is 8.78 Å². The summed E-state index contributed by atoms with van der Waals surface area (Å²) in [6, 6.07) is 13.3. The summed E-state index contributed by atoms with van der Waals surface area (Å²) in [5.41, 5.74) is 0.618. The minimum absolute atomic E-state index is 0.0293. The van der Waals surface area contributed by atoms with E-state index in [4.69, 9.17) is 4.74 Å². The molecule has 204 valence electrons. The topological polar surface area (TPSA) is 9.23 Å². The first kappa shape index (κ1) is 28.1. The van der Waals surface area contributed by atoms with Gasteiger partial charge in [-0.05, 0) is 66.1 Å². The van der Waals surface area contributed by atoms with Crippen molar-refractivity contribution in [2.24, 2.45) is 11.8 Å². The fraction of sp³-hybridized carbons (Fsp3) is 0.438. The molecule has 4 rings (SSSR count). The highest BCUT2D eigenvalue weighted by atomic mass is 19.3. The molecule has 0 heterocycles. The zero-order chi connectivity index (χ0) is 27.1. The van der Waals surface area contributed by atoms with Crippen LogP contribution in [0, 0.1) is 29.3 Å². The molecule has 1 fully saturated rings. The van der Waals surface area contributed by atoms with Crippen LogP contribution >= 0.6 is 0 Å². The van der Waals surface area contributed by atoms with Gasteiger partial charge in [-0.3, -0.25) is 0 Å². The fourth-order valence-electron chi connectivity index (χ4n) is 5.43. The minimum Gasteiger partial charge on any atom is -0.428 e. The van der Waals surface area contributed by atoms with E-state index in [0.717, 1.165) is 36.5 Å². The van der Waals surface area contributed by atoms with Gasteiger partial charge in [0.05, 0.1) is 5.56 Å². The van der Waals surface area contributed by atoms with E-state index in [9.17, 15) is 13.2 Å².